The van der Waals surface area contributed by atoms with E-state index in [1.165, 1.54) is 36.4 Å². The summed E-state index contributed by atoms with van der Waals surface area (Å²) in [6.07, 6.45) is 9.40. The first-order chi connectivity index (χ1) is 11.9. The van der Waals surface area contributed by atoms with Gasteiger partial charge < -0.3 is 5.32 Å². The fourth-order valence-electron chi connectivity index (χ4n) is 2.72. The van der Waals surface area contributed by atoms with E-state index in [0.717, 1.165) is 24.7 Å². The molecule has 1 aromatic rings. The van der Waals surface area contributed by atoms with E-state index in [1.807, 2.05) is 19.1 Å². The third-order valence-corrected chi connectivity index (χ3v) is 5.30. The topological polar surface area (TPSA) is 66.5 Å². The molecule has 0 radical (unpaired) electrons. The Morgan fingerprint density at radius 1 is 1.04 bits per heavy atom. The fraction of sp³-hybridized carbons (Fsp3) is 0.632. The summed E-state index contributed by atoms with van der Waals surface area (Å²) in [6, 6.07) is 7.18. The first kappa shape index (κ1) is 21.5. The number of nitrogens with zero attached hydrogens (tertiary/aromatic N) is 1. The number of carbonyl (C=O) groups is 1. The molecule has 1 N–H and O–H groups in total. The van der Waals surface area contributed by atoms with Crippen LogP contribution < -0.4 is 9.62 Å². The van der Waals surface area contributed by atoms with Crippen molar-refractivity contribution in [1.29, 1.82) is 0 Å². The second-order valence-corrected chi connectivity index (χ2v) is 8.43. The highest BCUT2D eigenvalue weighted by Gasteiger charge is 2.21. The molecule has 0 atom stereocenters. The number of sulfonamides is 1. The Morgan fingerprint density at radius 2 is 1.64 bits per heavy atom. The number of benzene rings is 1. The lowest BCUT2D eigenvalue weighted by Crippen LogP contribution is -2.41. The Bertz CT molecular complexity index is 629. The van der Waals surface area contributed by atoms with Crippen LogP contribution in [0, 0.1) is 6.92 Å². The molecule has 0 saturated carbocycles. The quantitative estimate of drug-likeness (QED) is 0.573. The van der Waals surface area contributed by atoms with Gasteiger partial charge in [-0.3, -0.25) is 9.10 Å². The molecule has 25 heavy (non-hydrogen) atoms. The van der Waals surface area contributed by atoms with Crippen LogP contribution in [-0.2, 0) is 14.8 Å². The van der Waals surface area contributed by atoms with Gasteiger partial charge in [0.15, 0.2) is 0 Å². The van der Waals surface area contributed by atoms with E-state index in [9.17, 15) is 13.2 Å². The van der Waals surface area contributed by atoms with Gasteiger partial charge in [-0.25, -0.2) is 8.42 Å². The van der Waals surface area contributed by atoms with E-state index >= 15 is 0 Å². The normalized spacial score (nSPS) is 11.3. The second kappa shape index (κ2) is 11.1. The van der Waals surface area contributed by atoms with Gasteiger partial charge in [-0.2, -0.15) is 0 Å². The van der Waals surface area contributed by atoms with E-state index in [2.05, 4.69) is 12.2 Å². The molecule has 0 aliphatic rings. The predicted octanol–water partition coefficient (Wildman–Crippen LogP) is 3.63. The van der Waals surface area contributed by atoms with Gasteiger partial charge in [0.05, 0.1) is 11.9 Å². The van der Waals surface area contributed by atoms with Crippen LogP contribution in [0.25, 0.3) is 0 Å². The van der Waals surface area contributed by atoms with E-state index in [4.69, 9.17) is 0 Å². The number of amides is 1. The second-order valence-electron chi connectivity index (χ2n) is 6.53. The van der Waals surface area contributed by atoms with Gasteiger partial charge >= 0.3 is 0 Å². The summed E-state index contributed by atoms with van der Waals surface area (Å²) in [6.45, 7) is 4.45. The monoisotopic (exact) mass is 368 g/mol. The number of aryl methyl sites for hydroxylation is 1. The molecule has 0 aromatic heterocycles. The van der Waals surface area contributed by atoms with Crippen molar-refractivity contribution in [2.75, 3.05) is 23.7 Å². The minimum atomic E-state index is -3.51. The Morgan fingerprint density at radius 3 is 2.24 bits per heavy atom. The average Bonchev–Trinajstić information content (AvgIpc) is 2.55. The molecule has 0 heterocycles. The molecule has 0 saturated heterocycles. The Labute approximate surface area is 152 Å². The smallest absolute Gasteiger partial charge is 0.240 e. The number of anilines is 1. The molecule has 0 spiro atoms. The summed E-state index contributed by atoms with van der Waals surface area (Å²) in [5, 5.41) is 2.83. The van der Waals surface area contributed by atoms with Crippen LogP contribution in [0.3, 0.4) is 0 Å². The zero-order valence-corrected chi connectivity index (χ0v) is 16.6. The third kappa shape index (κ3) is 8.38. The molecule has 0 aliphatic heterocycles. The van der Waals surface area contributed by atoms with Crippen molar-refractivity contribution in [3.8, 4) is 0 Å². The van der Waals surface area contributed by atoms with Gasteiger partial charge in [-0.15, -0.1) is 0 Å². The molecule has 1 amide bonds. The highest BCUT2D eigenvalue weighted by Crippen LogP contribution is 2.21. The van der Waals surface area contributed by atoms with Crippen LogP contribution in [0.5, 0.6) is 0 Å². The maximum atomic E-state index is 12.1. The van der Waals surface area contributed by atoms with Gasteiger partial charge in [-0.1, -0.05) is 63.6 Å². The minimum Gasteiger partial charge on any atom is -0.355 e. The van der Waals surface area contributed by atoms with E-state index in [-0.39, 0.29) is 12.5 Å². The third-order valence-electron chi connectivity index (χ3n) is 4.17. The van der Waals surface area contributed by atoms with Crippen LogP contribution in [0.15, 0.2) is 24.3 Å². The number of para-hydroxylation sites is 1. The molecule has 0 aliphatic carbocycles. The molecular weight excluding hydrogens is 336 g/mol. The molecule has 1 rings (SSSR count). The number of hydrogen-bond donors (Lipinski definition) is 1. The van der Waals surface area contributed by atoms with Gasteiger partial charge in [0.1, 0.15) is 6.54 Å². The zero-order valence-electron chi connectivity index (χ0n) is 15.8. The molecule has 0 bridgehead atoms. The van der Waals surface area contributed by atoms with Gasteiger partial charge in [-0.05, 0) is 25.0 Å². The maximum Gasteiger partial charge on any atom is 0.240 e. The molecule has 0 unspecified atom stereocenters. The van der Waals surface area contributed by atoms with Gasteiger partial charge in [0.25, 0.3) is 0 Å². The first-order valence-electron chi connectivity index (χ1n) is 9.16. The lowest BCUT2D eigenvalue weighted by molar-refractivity contribution is -0.119. The Hall–Kier alpha value is -1.56. The lowest BCUT2D eigenvalue weighted by atomic mass is 10.1. The van der Waals surface area contributed by atoms with E-state index in [0.29, 0.717) is 12.2 Å². The molecule has 1 aromatic carbocycles. The highest BCUT2D eigenvalue weighted by atomic mass is 32.2. The Kier molecular flexibility index (Phi) is 9.57. The van der Waals surface area contributed by atoms with Crippen LogP contribution in [0.1, 0.15) is 57.4 Å². The number of nitrogens with one attached hydrogen (secondary N) is 1. The van der Waals surface area contributed by atoms with Crippen LogP contribution in [0.2, 0.25) is 0 Å². The minimum absolute atomic E-state index is 0.180. The summed E-state index contributed by atoms with van der Waals surface area (Å²) in [7, 11) is -3.51. The SMILES string of the molecule is CCCCCCCCCNC(=O)CN(c1ccccc1C)S(C)(=O)=O. The molecule has 0 fully saturated rings. The Balaban J connectivity index is 2.43. The molecule has 5 nitrogen and oxygen atoms in total. The summed E-state index contributed by atoms with van der Waals surface area (Å²) >= 11 is 0. The maximum absolute atomic E-state index is 12.1. The number of carbonyl (C=O) groups excluding carboxylic acids is 1. The average molecular weight is 369 g/mol. The van der Waals surface area contributed by atoms with Crippen LogP contribution in [-0.4, -0.2) is 33.7 Å². The number of unbranched alkanes of at least 4 members (excludes halogenated alkanes) is 6. The van der Waals surface area contributed by atoms with Crippen molar-refractivity contribution < 1.29 is 13.2 Å². The molecular formula is C19H32N2O3S. The van der Waals surface area contributed by atoms with Crippen molar-refractivity contribution in [2.45, 2.75) is 58.8 Å². The van der Waals surface area contributed by atoms with E-state index < -0.39 is 10.0 Å². The molecule has 6 heteroatoms. The number of hydrogen-bond acceptors (Lipinski definition) is 3. The number of rotatable bonds is 12. The fourth-order valence-corrected chi connectivity index (χ4v) is 3.63. The standard InChI is InChI=1S/C19H32N2O3S/c1-4-5-6-7-8-9-12-15-20-19(22)16-21(25(3,23)24)18-14-11-10-13-17(18)2/h10-11,13-14H,4-9,12,15-16H2,1-3H3,(H,20,22). The van der Waals surface area contributed by atoms with Crippen molar-refractivity contribution in [1.82, 2.24) is 5.32 Å². The highest BCUT2D eigenvalue weighted by molar-refractivity contribution is 7.92. The summed E-state index contributed by atoms with van der Waals surface area (Å²) in [5.74, 6) is -0.264. The lowest BCUT2D eigenvalue weighted by Gasteiger charge is -2.23. The van der Waals surface area contributed by atoms with Gasteiger partial charge in [0, 0.05) is 6.54 Å². The summed E-state index contributed by atoms with van der Waals surface area (Å²) in [5.41, 5.74) is 1.38. The first-order valence-corrected chi connectivity index (χ1v) is 11.0. The van der Waals surface area contributed by atoms with Crippen molar-refractivity contribution >= 4 is 21.6 Å². The van der Waals surface area contributed by atoms with Crippen molar-refractivity contribution in [3.05, 3.63) is 29.8 Å². The molecule has 142 valence electrons. The van der Waals surface area contributed by atoms with Crippen molar-refractivity contribution in [2.24, 2.45) is 0 Å². The zero-order chi connectivity index (χ0) is 18.7. The predicted molar refractivity (Wildman–Crippen MR) is 104 cm³/mol. The van der Waals surface area contributed by atoms with Gasteiger partial charge in [0.2, 0.25) is 15.9 Å². The van der Waals surface area contributed by atoms with Crippen LogP contribution >= 0.6 is 0 Å². The summed E-state index contributed by atoms with van der Waals surface area (Å²) in [4.78, 5) is 12.1. The summed E-state index contributed by atoms with van der Waals surface area (Å²) < 4.78 is 25.3. The van der Waals surface area contributed by atoms with Crippen molar-refractivity contribution in [3.63, 3.8) is 0 Å². The largest absolute Gasteiger partial charge is 0.355 e. The van der Waals surface area contributed by atoms with Crippen LogP contribution in [0.4, 0.5) is 5.69 Å². The van der Waals surface area contributed by atoms with E-state index in [1.54, 1.807) is 12.1 Å².